The molecule has 0 aliphatic carbocycles. The number of fused-ring (bicyclic) bond motifs is 1. The largest absolute Gasteiger partial charge is 0.296 e. The Morgan fingerprint density at radius 1 is 1.54 bits per heavy atom. The van der Waals surface area contributed by atoms with Crippen molar-refractivity contribution < 1.29 is 9.18 Å². The molecule has 0 radical (unpaired) electrons. The molecule has 66 valence electrons. The lowest BCUT2D eigenvalue weighted by Gasteiger charge is -1.95. The summed E-state index contributed by atoms with van der Waals surface area (Å²) in [4.78, 5) is 14.2. The number of imidazole rings is 1. The molecule has 2 aromatic heterocycles. The number of carbonyl (C=O) groups is 1. The number of aldehydes is 1. The topological polar surface area (TPSA) is 34.4 Å². The summed E-state index contributed by atoms with van der Waals surface area (Å²) in [5, 5.41) is 0. The van der Waals surface area contributed by atoms with Crippen LogP contribution < -0.4 is 0 Å². The van der Waals surface area contributed by atoms with Gasteiger partial charge in [0.15, 0.2) is 12.0 Å². The Morgan fingerprint density at radius 2 is 2.31 bits per heavy atom. The van der Waals surface area contributed by atoms with E-state index in [0.717, 1.165) is 0 Å². The van der Waals surface area contributed by atoms with Gasteiger partial charge in [-0.05, 0) is 28.1 Å². The van der Waals surface area contributed by atoms with Crippen LogP contribution in [0.2, 0.25) is 0 Å². The molecule has 2 rings (SSSR count). The molecule has 0 aliphatic rings. The molecule has 2 aromatic rings. The summed E-state index contributed by atoms with van der Waals surface area (Å²) in [7, 11) is 0. The summed E-state index contributed by atoms with van der Waals surface area (Å²) in [5.41, 5.74) is 0.237. The molecular weight excluding hydrogens is 239 g/mol. The van der Waals surface area contributed by atoms with Crippen molar-refractivity contribution in [2.45, 2.75) is 0 Å². The van der Waals surface area contributed by atoms with Gasteiger partial charge in [-0.25, -0.2) is 4.98 Å². The predicted molar refractivity (Wildman–Crippen MR) is 48.2 cm³/mol. The van der Waals surface area contributed by atoms with Crippen molar-refractivity contribution in [2.75, 3.05) is 0 Å². The molecule has 0 aromatic carbocycles. The Bertz CT molecular complexity index is 480. The van der Waals surface area contributed by atoms with E-state index in [1.54, 1.807) is 18.2 Å². The maximum Gasteiger partial charge on any atom is 0.229 e. The zero-order valence-corrected chi connectivity index (χ0v) is 7.95. The lowest BCUT2D eigenvalue weighted by atomic mass is 10.5. The number of nitrogens with zero attached hydrogens (tertiary/aromatic N) is 2. The van der Waals surface area contributed by atoms with E-state index in [2.05, 4.69) is 20.9 Å². The molecule has 0 unspecified atom stereocenters. The molecule has 0 amide bonds. The standard InChI is InChI=1S/C8H4BrFN2O/c9-6-2-1-3-7-11-5(4-13)8(10)12(6)7/h1-4H. The second kappa shape index (κ2) is 2.92. The van der Waals surface area contributed by atoms with Crippen molar-refractivity contribution in [3.8, 4) is 0 Å². The number of carbonyl (C=O) groups excluding carboxylic acids is 1. The van der Waals surface area contributed by atoms with Crippen molar-refractivity contribution in [3.05, 3.63) is 34.4 Å². The molecule has 0 aliphatic heterocycles. The Balaban J connectivity index is 2.92. The summed E-state index contributed by atoms with van der Waals surface area (Å²) in [6, 6.07) is 5.02. The number of hydrogen-bond donors (Lipinski definition) is 0. The molecule has 3 nitrogen and oxygen atoms in total. The van der Waals surface area contributed by atoms with Crippen LogP contribution in [0.5, 0.6) is 0 Å². The molecule has 0 atom stereocenters. The molecule has 5 heteroatoms. The highest BCUT2D eigenvalue weighted by atomic mass is 79.9. The number of pyridine rings is 1. The molecule has 0 N–H and O–H groups in total. The first-order chi connectivity index (χ1) is 6.24. The minimum Gasteiger partial charge on any atom is -0.296 e. The third-order valence-corrected chi connectivity index (χ3v) is 2.30. The number of hydrogen-bond acceptors (Lipinski definition) is 2. The van der Waals surface area contributed by atoms with Crippen LogP contribution in [0.4, 0.5) is 4.39 Å². The highest BCUT2D eigenvalue weighted by Crippen LogP contribution is 2.16. The van der Waals surface area contributed by atoms with E-state index in [4.69, 9.17) is 0 Å². The SMILES string of the molecule is O=Cc1nc2cccc(Br)n2c1F. The fraction of sp³-hybridized carbons (Fsp3) is 0. The van der Waals surface area contributed by atoms with Crippen molar-refractivity contribution in [3.63, 3.8) is 0 Å². The minimum atomic E-state index is -0.641. The quantitative estimate of drug-likeness (QED) is 0.567. The molecule has 13 heavy (non-hydrogen) atoms. The Morgan fingerprint density at radius 3 is 2.92 bits per heavy atom. The van der Waals surface area contributed by atoms with E-state index >= 15 is 0 Å². The van der Waals surface area contributed by atoms with Gasteiger partial charge in [0.2, 0.25) is 5.95 Å². The molecule has 0 saturated carbocycles. The second-order valence-electron chi connectivity index (χ2n) is 2.45. The monoisotopic (exact) mass is 242 g/mol. The molecule has 0 spiro atoms. The van der Waals surface area contributed by atoms with Gasteiger partial charge in [0.1, 0.15) is 5.65 Å². The third-order valence-electron chi connectivity index (χ3n) is 1.68. The fourth-order valence-electron chi connectivity index (χ4n) is 1.11. The van der Waals surface area contributed by atoms with Gasteiger partial charge in [-0.3, -0.25) is 9.20 Å². The van der Waals surface area contributed by atoms with Crippen LogP contribution in [0.15, 0.2) is 22.8 Å². The molecule has 0 fully saturated rings. The van der Waals surface area contributed by atoms with Crippen molar-refractivity contribution in [1.82, 2.24) is 9.38 Å². The highest BCUT2D eigenvalue weighted by molar-refractivity contribution is 9.10. The van der Waals surface area contributed by atoms with Gasteiger partial charge in [0.25, 0.3) is 0 Å². The smallest absolute Gasteiger partial charge is 0.229 e. The average molecular weight is 243 g/mol. The van der Waals surface area contributed by atoms with E-state index < -0.39 is 5.95 Å². The average Bonchev–Trinajstić information content (AvgIpc) is 2.44. The highest BCUT2D eigenvalue weighted by Gasteiger charge is 2.11. The van der Waals surface area contributed by atoms with Crippen LogP contribution in [0.3, 0.4) is 0 Å². The first kappa shape index (κ1) is 8.37. The molecule has 2 heterocycles. The summed E-state index contributed by atoms with van der Waals surface area (Å²) < 4.78 is 15.1. The summed E-state index contributed by atoms with van der Waals surface area (Å²) in [5.74, 6) is -0.641. The summed E-state index contributed by atoms with van der Waals surface area (Å²) in [6.07, 6.45) is 0.398. The van der Waals surface area contributed by atoms with Gasteiger partial charge in [-0.1, -0.05) is 6.07 Å². The van der Waals surface area contributed by atoms with E-state index in [1.165, 1.54) is 4.40 Å². The lowest BCUT2D eigenvalue weighted by Crippen LogP contribution is -1.91. The summed E-state index contributed by atoms with van der Waals surface area (Å²) >= 11 is 3.16. The van der Waals surface area contributed by atoms with E-state index in [1.807, 2.05) is 0 Å². The maximum absolute atomic E-state index is 13.3. The van der Waals surface area contributed by atoms with Crippen molar-refractivity contribution >= 4 is 27.9 Å². The summed E-state index contributed by atoms with van der Waals surface area (Å²) in [6.45, 7) is 0. The molecular formula is C8H4BrFN2O. The zero-order chi connectivity index (χ0) is 9.42. The van der Waals surface area contributed by atoms with Crippen LogP contribution >= 0.6 is 15.9 Å². The van der Waals surface area contributed by atoms with Gasteiger partial charge >= 0.3 is 0 Å². The predicted octanol–water partition coefficient (Wildman–Crippen LogP) is 2.05. The van der Waals surface area contributed by atoms with Gasteiger partial charge in [0, 0.05) is 0 Å². The zero-order valence-electron chi connectivity index (χ0n) is 6.37. The van der Waals surface area contributed by atoms with Crippen LogP contribution in [-0.2, 0) is 0 Å². The van der Waals surface area contributed by atoms with E-state index in [9.17, 15) is 9.18 Å². The first-order valence-corrected chi connectivity index (χ1v) is 4.31. The first-order valence-electron chi connectivity index (χ1n) is 3.51. The van der Waals surface area contributed by atoms with Gasteiger partial charge in [0.05, 0.1) is 4.60 Å². The third kappa shape index (κ3) is 1.16. The van der Waals surface area contributed by atoms with Crippen LogP contribution in [0, 0.1) is 5.95 Å². The minimum absolute atomic E-state index is 0.174. The van der Waals surface area contributed by atoms with E-state index in [-0.39, 0.29) is 5.69 Å². The Kier molecular flexibility index (Phi) is 1.88. The normalized spacial score (nSPS) is 10.6. The molecule has 0 bridgehead atoms. The van der Waals surface area contributed by atoms with Crippen LogP contribution in [0.25, 0.3) is 5.65 Å². The van der Waals surface area contributed by atoms with Crippen LogP contribution in [0.1, 0.15) is 10.5 Å². The Labute approximate surface area is 81.3 Å². The lowest BCUT2D eigenvalue weighted by molar-refractivity contribution is 0.111. The maximum atomic E-state index is 13.3. The fourth-order valence-corrected chi connectivity index (χ4v) is 1.60. The Hall–Kier alpha value is -1.23. The number of halogens is 2. The van der Waals surface area contributed by atoms with Gasteiger partial charge in [-0.2, -0.15) is 4.39 Å². The van der Waals surface area contributed by atoms with Crippen molar-refractivity contribution in [2.24, 2.45) is 0 Å². The molecule has 0 saturated heterocycles. The van der Waals surface area contributed by atoms with Crippen LogP contribution in [-0.4, -0.2) is 15.7 Å². The van der Waals surface area contributed by atoms with E-state index in [0.29, 0.717) is 16.5 Å². The number of rotatable bonds is 1. The van der Waals surface area contributed by atoms with Gasteiger partial charge < -0.3 is 0 Å². The van der Waals surface area contributed by atoms with Crippen molar-refractivity contribution in [1.29, 1.82) is 0 Å². The van der Waals surface area contributed by atoms with Gasteiger partial charge in [-0.15, -0.1) is 0 Å². The second-order valence-corrected chi connectivity index (χ2v) is 3.26. The number of aromatic nitrogens is 2.